The molecule has 4 aliphatic carbocycles. The zero-order chi connectivity index (χ0) is 29.9. The van der Waals surface area contributed by atoms with E-state index in [0.717, 1.165) is 38.5 Å². The first kappa shape index (κ1) is 32.0. The Morgan fingerprint density at radius 1 is 0.927 bits per heavy atom. The molecule has 0 aromatic carbocycles. The van der Waals surface area contributed by atoms with E-state index in [1.165, 1.54) is 0 Å². The van der Waals surface area contributed by atoms with Gasteiger partial charge in [0, 0.05) is 18.4 Å². The molecule has 0 aromatic rings. The Morgan fingerprint density at radius 2 is 1.66 bits per heavy atom. The maximum Gasteiger partial charge on any atom is 0.186 e. The summed E-state index contributed by atoms with van der Waals surface area (Å²) in [5.41, 5.74) is -1.92. The van der Waals surface area contributed by atoms with Crippen molar-refractivity contribution in [1.29, 1.82) is 0 Å². The Hall–Kier alpha value is -0.360. The smallest absolute Gasteiger partial charge is 0.186 e. The first-order valence-corrected chi connectivity index (χ1v) is 16.3. The van der Waals surface area contributed by atoms with Gasteiger partial charge in [-0.3, -0.25) is 0 Å². The molecule has 5 aliphatic rings. The van der Waals surface area contributed by atoms with E-state index in [0.29, 0.717) is 37.0 Å². The molecule has 1 heterocycles. The number of fused-ring (bicyclic) bond motifs is 5. The second-order valence-electron chi connectivity index (χ2n) is 15.3. The van der Waals surface area contributed by atoms with Crippen molar-refractivity contribution in [3.8, 4) is 0 Å². The lowest BCUT2D eigenvalue weighted by atomic mass is 9.42. The molecule has 5 fully saturated rings. The van der Waals surface area contributed by atoms with Gasteiger partial charge in [0.05, 0.1) is 30.5 Å². The number of ether oxygens (including phenoxy) is 2. The van der Waals surface area contributed by atoms with Crippen molar-refractivity contribution in [2.24, 2.45) is 46.3 Å². The average molecular weight is 585 g/mol. The molecule has 0 amide bonds. The third kappa shape index (κ3) is 5.33. The molecule has 41 heavy (non-hydrogen) atoms. The summed E-state index contributed by atoms with van der Waals surface area (Å²) in [6.45, 7) is 8.97. The van der Waals surface area contributed by atoms with Gasteiger partial charge >= 0.3 is 0 Å². The zero-order valence-corrected chi connectivity index (χ0v) is 25.4. The topological polar surface area (TPSA) is 160 Å². The van der Waals surface area contributed by atoms with Crippen LogP contribution in [0.1, 0.15) is 91.9 Å². The van der Waals surface area contributed by atoms with Gasteiger partial charge in [0.25, 0.3) is 0 Å². The van der Waals surface area contributed by atoms with E-state index in [9.17, 15) is 35.7 Å². The molecule has 238 valence electrons. The molecule has 0 bridgehead atoms. The molecule has 1 aliphatic heterocycles. The Kier molecular flexibility index (Phi) is 9.27. The maximum atomic E-state index is 12.2. The molecular formula is C32H56O9. The highest BCUT2D eigenvalue weighted by Gasteiger charge is 2.69. The summed E-state index contributed by atoms with van der Waals surface area (Å²) in [6, 6.07) is 0. The summed E-state index contributed by atoms with van der Waals surface area (Å²) < 4.78 is 11.5. The summed E-state index contributed by atoms with van der Waals surface area (Å²) in [4.78, 5) is 0. The minimum atomic E-state index is -1.39. The Morgan fingerprint density at radius 3 is 2.37 bits per heavy atom. The molecule has 4 saturated carbocycles. The van der Waals surface area contributed by atoms with Crippen LogP contribution in [-0.2, 0) is 9.47 Å². The van der Waals surface area contributed by atoms with E-state index in [1.807, 2.05) is 0 Å². The van der Waals surface area contributed by atoms with Crippen LogP contribution in [0.15, 0.2) is 0 Å². The van der Waals surface area contributed by atoms with Gasteiger partial charge in [-0.1, -0.05) is 40.5 Å². The molecule has 1 saturated heterocycles. The fourth-order valence-electron chi connectivity index (χ4n) is 10.5. The molecule has 5 rings (SSSR count). The number of aliphatic hydroxyl groups excluding tert-OH is 6. The zero-order valence-electron chi connectivity index (χ0n) is 25.4. The third-order valence-electron chi connectivity index (χ3n) is 13.0. The highest BCUT2D eigenvalue weighted by molar-refractivity contribution is 5.18. The lowest BCUT2D eigenvalue weighted by Gasteiger charge is -2.65. The minimum absolute atomic E-state index is 0.00565. The maximum absolute atomic E-state index is 12.2. The van der Waals surface area contributed by atoms with Crippen LogP contribution in [0.25, 0.3) is 0 Å². The molecule has 16 atom stereocenters. The van der Waals surface area contributed by atoms with Gasteiger partial charge < -0.3 is 45.2 Å². The second kappa shape index (κ2) is 11.9. The van der Waals surface area contributed by atoms with E-state index in [4.69, 9.17) is 9.47 Å². The minimum Gasteiger partial charge on any atom is -0.396 e. The summed E-state index contributed by atoms with van der Waals surface area (Å²) in [7, 11) is 0. The SMILES string of the molecule is C[C@H](CO)CCC[C@@H](C)[C@H]1C[C@H](O)[C@H]2[C@@H]3C[C@@H](O)[C@@]4(O)C[C@@H](O[C@@H]5OC[C@@H](O)[C@H](O)[C@H]5O)CC[C@]4(C)[C@H]3CC[C@@]21C. The van der Waals surface area contributed by atoms with E-state index in [2.05, 4.69) is 27.7 Å². The lowest BCUT2D eigenvalue weighted by Crippen LogP contribution is -2.69. The summed E-state index contributed by atoms with van der Waals surface area (Å²) >= 11 is 0. The van der Waals surface area contributed by atoms with Crippen molar-refractivity contribution in [2.75, 3.05) is 13.2 Å². The predicted octanol–water partition coefficient (Wildman–Crippen LogP) is 1.96. The van der Waals surface area contributed by atoms with E-state index in [1.54, 1.807) is 0 Å². The van der Waals surface area contributed by atoms with Crippen molar-refractivity contribution in [3.63, 3.8) is 0 Å². The van der Waals surface area contributed by atoms with Crippen molar-refractivity contribution in [1.82, 2.24) is 0 Å². The molecule has 0 spiro atoms. The predicted molar refractivity (Wildman–Crippen MR) is 151 cm³/mol. The highest BCUT2D eigenvalue weighted by atomic mass is 16.7. The van der Waals surface area contributed by atoms with Crippen LogP contribution in [0.2, 0.25) is 0 Å². The van der Waals surface area contributed by atoms with Gasteiger partial charge in [-0.25, -0.2) is 0 Å². The number of rotatable bonds is 8. The quantitative estimate of drug-likeness (QED) is 0.212. The van der Waals surface area contributed by atoms with Crippen molar-refractivity contribution >= 4 is 0 Å². The van der Waals surface area contributed by atoms with Crippen LogP contribution in [0.3, 0.4) is 0 Å². The van der Waals surface area contributed by atoms with Crippen LogP contribution in [0, 0.1) is 46.3 Å². The molecule has 7 N–H and O–H groups in total. The number of hydrogen-bond donors (Lipinski definition) is 7. The summed E-state index contributed by atoms with van der Waals surface area (Å²) in [5, 5.41) is 75.0. The summed E-state index contributed by atoms with van der Waals surface area (Å²) in [5.74, 6) is 1.62. The van der Waals surface area contributed by atoms with Gasteiger partial charge in [0.2, 0.25) is 0 Å². The van der Waals surface area contributed by atoms with E-state index in [-0.39, 0.29) is 42.8 Å². The normalized spacial score (nSPS) is 53.2. The van der Waals surface area contributed by atoms with Gasteiger partial charge in [0.1, 0.15) is 18.3 Å². The molecule has 0 radical (unpaired) electrons. The van der Waals surface area contributed by atoms with Gasteiger partial charge in [-0.2, -0.15) is 0 Å². The number of hydrogen-bond acceptors (Lipinski definition) is 9. The fraction of sp³-hybridized carbons (Fsp3) is 1.00. The van der Waals surface area contributed by atoms with Crippen LogP contribution in [0.4, 0.5) is 0 Å². The first-order valence-electron chi connectivity index (χ1n) is 16.3. The van der Waals surface area contributed by atoms with Crippen LogP contribution in [-0.4, -0.2) is 97.5 Å². The average Bonchev–Trinajstić information content (AvgIpc) is 3.21. The van der Waals surface area contributed by atoms with Gasteiger partial charge in [-0.05, 0) is 85.9 Å². The fourth-order valence-corrected chi connectivity index (χ4v) is 10.5. The molecular weight excluding hydrogens is 528 g/mol. The van der Waals surface area contributed by atoms with Crippen molar-refractivity contribution in [3.05, 3.63) is 0 Å². The van der Waals surface area contributed by atoms with Crippen molar-refractivity contribution in [2.45, 2.75) is 140 Å². The highest BCUT2D eigenvalue weighted by Crippen LogP contribution is 2.69. The third-order valence-corrected chi connectivity index (χ3v) is 13.0. The van der Waals surface area contributed by atoms with Crippen molar-refractivity contribution < 1.29 is 45.2 Å². The van der Waals surface area contributed by atoms with Crippen LogP contribution in [0.5, 0.6) is 0 Å². The van der Waals surface area contributed by atoms with Gasteiger partial charge in [0.15, 0.2) is 6.29 Å². The summed E-state index contributed by atoms with van der Waals surface area (Å²) in [6.07, 6.45) is 0.977. The van der Waals surface area contributed by atoms with E-state index < -0.39 is 53.9 Å². The van der Waals surface area contributed by atoms with E-state index >= 15 is 0 Å². The standard InChI is InChI=1S/C32H56O9/c1-17(15-33)6-5-7-18(2)22-13-23(34)26-20-12-25(36)32(39)14-19(41-29-28(38)27(37)24(35)16-40-29)8-11-31(32,4)21(20)9-10-30(22,26)3/h17-29,33-39H,5-16H2,1-4H3/t17-,18+,19-,20+,21-,22+,23-,24+,25+,26+,27-,28+,29-,30+,31+,32-/m0/s1. The number of aliphatic hydroxyl groups is 7. The largest absolute Gasteiger partial charge is 0.396 e. The molecule has 9 heteroatoms. The Balaban J connectivity index is 1.29. The van der Waals surface area contributed by atoms with Crippen LogP contribution < -0.4 is 0 Å². The monoisotopic (exact) mass is 584 g/mol. The van der Waals surface area contributed by atoms with Crippen LogP contribution >= 0.6 is 0 Å². The first-order chi connectivity index (χ1) is 19.3. The van der Waals surface area contributed by atoms with Gasteiger partial charge in [-0.15, -0.1) is 0 Å². The Labute approximate surface area is 245 Å². The Bertz CT molecular complexity index is 904. The molecule has 9 nitrogen and oxygen atoms in total. The second-order valence-corrected chi connectivity index (χ2v) is 15.3. The molecule has 0 unspecified atom stereocenters. The lowest BCUT2D eigenvalue weighted by molar-refractivity contribution is -0.311. The molecule has 0 aromatic heterocycles.